The minimum atomic E-state index is -0.304. The minimum Gasteiger partial charge on any atom is -0.457 e. The van der Waals surface area contributed by atoms with Gasteiger partial charge in [0.1, 0.15) is 6.61 Å². The van der Waals surface area contributed by atoms with Crippen LogP contribution in [0.3, 0.4) is 0 Å². The lowest BCUT2D eigenvalue weighted by Crippen LogP contribution is -2.05. The average molecular weight is 291 g/mol. The van der Waals surface area contributed by atoms with E-state index in [4.69, 9.17) is 4.74 Å². The number of halogens is 1. The summed E-state index contributed by atoms with van der Waals surface area (Å²) in [5.74, 6) is -0.304. The van der Waals surface area contributed by atoms with Crippen molar-refractivity contribution in [2.45, 2.75) is 6.61 Å². The molecule has 3 heteroatoms. The highest BCUT2D eigenvalue weighted by molar-refractivity contribution is 9.10. The third-order valence-electron chi connectivity index (χ3n) is 2.33. The fourth-order valence-corrected chi connectivity index (χ4v) is 1.82. The number of rotatable bonds is 3. The van der Waals surface area contributed by atoms with Gasteiger partial charge in [0.15, 0.2) is 0 Å². The normalized spacial score (nSPS) is 9.94. The van der Waals surface area contributed by atoms with Crippen LogP contribution in [-0.4, -0.2) is 5.97 Å². The minimum absolute atomic E-state index is 0.273. The standard InChI is InChI=1S/C14H11BrO2/c15-13-9-5-4-8-12(13)10-17-14(16)11-6-2-1-3-7-11/h1-9H,10H2. The van der Waals surface area contributed by atoms with Gasteiger partial charge in [-0.3, -0.25) is 0 Å². The molecule has 0 aliphatic heterocycles. The summed E-state index contributed by atoms with van der Waals surface area (Å²) >= 11 is 3.41. The zero-order valence-electron chi connectivity index (χ0n) is 9.10. The fraction of sp³-hybridized carbons (Fsp3) is 0.0714. The van der Waals surface area contributed by atoms with E-state index in [2.05, 4.69) is 15.9 Å². The third kappa shape index (κ3) is 3.17. The van der Waals surface area contributed by atoms with Gasteiger partial charge in [-0.2, -0.15) is 0 Å². The van der Waals surface area contributed by atoms with Gasteiger partial charge in [-0.15, -0.1) is 0 Å². The Morgan fingerprint density at radius 2 is 1.65 bits per heavy atom. The second-order valence-corrected chi connectivity index (χ2v) is 4.39. The number of ether oxygens (including phenoxy) is 1. The average Bonchev–Trinajstić information content (AvgIpc) is 2.38. The second kappa shape index (κ2) is 5.64. The van der Waals surface area contributed by atoms with Gasteiger partial charge in [0.2, 0.25) is 0 Å². The number of hydrogen-bond acceptors (Lipinski definition) is 2. The number of hydrogen-bond donors (Lipinski definition) is 0. The van der Waals surface area contributed by atoms with Gasteiger partial charge >= 0.3 is 5.97 Å². The quantitative estimate of drug-likeness (QED) is 0.804. The summed E-state index contributed by atoms with van der Waals surface area (Å²) in [5, 5.41) is 0. The molecular weight excluding hydrogens is 280 g/mol. The predicted molar refractivity (Wildman–Crippen MR) is 69.7 cm³/mol. The van der Waals surface area contributed by atoms with Crippen LogP contribution in [0.25, 0.3) is 0 Å². The molecule has 2 nitrogen and oxygen atoms in total. The number of carbonyl (C=O) groups excluding carboxylic acids is 1. The Bertz CT molecular complexity index is 509. The van der Waals surface area contributed by atoms with Crippen molar-refractivity contribution < 1.29 is 9.53 Å². The molecule has 0 aliphatic carbocycles. The van der Waals surface area contributed by atoms with Crippen molar-refractivity contribution >= 4 is 21.9 Å². The highest BCUT2D eigenvalue weighted by Gasteiger charge is 2.07. The van der Waals surface area contributed by atoms with Crippen molar-refractivity contribution in [3.63, 3.8) is 0 Å². The molecule has 0 unspecified atom stereocenters. The molecule has 2 aromatic carbocycles. The van der Waals surface area contributed by atoms with E-state index in [1.54, 1.807) is 12.1 Å². The van der Waals surface area contributed by atoms with Crippen LogP contribution in [0.15, 0.2) is 59.1 Å². The van der Waals surface area contributed by atoms with Gasteiger partial charge < -0.3 is 4.74 Å². The van der Waals surface area contributed by atoms with Crippen LogP contribution >= 0.6 is 15.9 Å². The molecule has 0 spiro atoms. The Hall–Kier alpha value is -1.61. The van der Waals surface area contributed by atoms with E-state index in [1.807, 2.05) is 42.5 Å². The Kier molecular flexibility index (Phi) is 3.94. The first-order chi connectivity index (χ1) is 8.27. The van der Waals surface area contributed by atoms with Gasteiger partial charge in [-0.25, -0.2) is 4.79 Å². The lowest BCUT2D eigenvalue weighted by atomic mass is 10.2. The molecule has 2 aromatic rings. The van der Waals surface area contributed by atoms with Gasteiger partial charge in [-0.1, -0.05) is 52.3 Å². The lowest BCUT2D eigenvalue weighted by Gasteiger charge is -2.06. The smallest absolute Gasteiger partial charge is 0.338 e. The van der Waals surface area contributed by atoms with E-state index >= 15 is 0 Å². The van der Waals surface area contributed by atoms with Crippen LogP contribution in [0.4, 0.5) is 0 Å². The summed E-state index contributed by atoms with van der Waals surface area (Å²) in [6, 6.07) is 16.6. The third-order valence-corrected chi connectivity index (χ3v) is 3.10. The highest BCUT2D eigenvalue weighted by Crippen LogP contribution is 2.17. The summed E-state index contributed by atoms with van der Waals surface area (Å²) in [5.41, 5.74) is 1.52. The molecule has 0 bridgehead atoms. The van der Waals surface area contributed by atoms with E-state index in [9.17, 15) is 4.79 Å². The van der Waals surface area contributed by atoms with Gasteiger partial charge in [-0.05, 0) is 18.2 Å². The van der Waals surface area contributed by atoms with E-state index in [0.29, 0.717) is 5.56 Å². The molecule has 0 amide bonds. The Labute approximate surface area is 108 Å². The van der Waals surface area contributed by atoms with Crippen molar-refractivity contribution in [1.29, 1.82) is 0 Å². The zero-order valence-corrected chi connectivity index (χ0v) is 10.7. The van der Waals surface area contributed by atoms with Gasteiger partial charge in [0, 0.05) is 10.0 Å². The van der Waals surface area contributed by atoms with Crippen LogP contribution in [-0.2, 0) is 11.3 Å². The molecule has 0 N–H and O–H groups in total. The van der Waals surface area contributed by atoms with Crippen LogP contribution in [0.2, 0.25) is 0 Å². The summed E-state index contributed by atoms with van der Waals surface area (Å²) in [6.07, 6.45) is 0. The largest absolute Gasteiger partial charge is 0.457 e. The summed E-state index contributed by atoms with van der Waals surface area (Å²) in [6.45, 7) is 0.273. The SMILES string of the molecule is O=C(OCc1ccccc1Br)c1ccccc1. The zero-order chi connectivity index (χ0) is 12.1. The second-order valence-electron chi connectivity index (χ2n) is 3.53. The number of benzene rings is 2. The predicted octanol–water partition coefficient (Wildman–Crippen LogP) is 3.81. The van der Waals surface area contributed by atoms with Crippen LogP contribution < -0.4 is 0 Å². The Morgan fingerprint density at radius 1 is 1.00 bits per heavy atom. The molecule has 2 rings (SSSR count). The molecule has 17 heavy (non-hydrogen) atoms. The molecule has 0 saturated carbocycles. The number of esters is 1. The molecule has 0 saturated heterocycles. The number of carbonyl (C=O) groups is 1. The van der Waals surface area contributed by atoms with Crippen LogP contribution in [0.5, 0.6) is 0 Å². The molecule has 86 valence electrons. The molecule has 0 heterocycles. The first-order valence-electron chi connectivity index (χ1n) is 5.23. The maximum absolute atomic E-state index is 11.7. The first kappa shape index (κ1) is 11.9. The molecule has 0 radical (unpaired) electrons. The van der Waals surface area contributed by atoms with E-state index in [0.717, 1.165) is 10.0 Å². The maximum atomic E-state index is 11.7. The molecule has 0 atom stereocenters. The Morgan fingerprint density at radius 3 is 2.35 bits per heavy atom. The van der Waals surface area contributed by atoms with Crippen molar-refractivity contribution in [3.8, 4) is 0 Å². The summed E-state index contributed by atoms with van der Waals surface area (Å²) < 4.78 is 6.17. The lowest BCUT2D eigenvalue weighted by molar-refractivity contribution is 0.0472. The van der Waals surface area contributed by atoms with Crippen molar-refractivity contribution in [3.05, 3.63) is 70.2 Å². The van der Waals surface area contributed by atoms with Crippen LogP contribution in [0.1, 0.15) is 15.9 Å². The monoisotopic (exact) mass is 290 g/mol. The highest BCUT2D eigenvalue weighted by atomic mass is 79.9. The molecule has 0 aromatic heterocycles. The van der Waals surface area contributed by atoms with Gasteiger partial charge in [0.25, 0.3) is 0 Å². The molecule has 0 fully saturated rings. The van der Waals surface area contributed by atoms with Crippen molar-refractivity contribution in [1.82, 2.24) is 0 Å². The van der Waals surface area contributed by atoms with E-state index in [-0.39, 0.29) is 12.6 Å². The maximum Gasteiger partial charge on any atom is 0.338 e. The first-order valence-corrected chi connectivity index (χ1v) is 6.02. The van der Waals surface area contributed by atoms with Crippen molar-refractivity contribution in [2.75, 3.05) is 0 Å². The van der Waals surface area contributed by atoms with Gasteiger partial charge in [0.05, 0.1) is 5.56 Å². The summed E-state index contributed by atoms with van der Waals surface area (Å²) in [4.78, 5) is 11.7. The topological polar surface area (TPSA) is 26.3 Å². The molecule has 0 aliphatic rings. The van der Waals surface area contributed by atoms with Crippen molar-refractivity contribution in [2.24, 2.45) is 0 Å². The Balaban J connectivity index is 2.00. The molecular formula is C14H11BrO2. The fourth-order valence-electron chi connectivity index (χ4n) is 1.42. The van der Waals surface area contributed by atoms with E-state index < -0.39 is 0 Å². The van der Waals surface area contributed by atoms with Crippen LogP contribution in [0, 0.1) is 0 Å². The summed E-state index contributed by atoms with van der Waals surface area (Å²) in [7, 11) is 0. The van der Waals surface area contributed by atoms with E-state index in [1.165, 1.54) is 0 Å².